The first-order chi connectivity index (χ1) is 9.59. The highest BCUT2D eigenvalue weighted by Gasteiger charge is 2.26. The quantitative estimate of drug-likeness (QED) is 0.855. The smallest absolute Gasteiger partial charge is 0.265 e. The van der Waals surface area contributed by atoms with E-state index in [1.54, 1.807) is 0 Å². The average Bonchev–Trinajstić information content (AvgIpc) is 3.00. The Kier molecular flexibility index (Phi) is 3.50. The van der Waals surface area contributed by atoms with Crippen LogP contribution in [0.5, 0.6) is 0 Å². The lowest BCUT2D eigenvalue weighted by Gasteiger charge is -2.31. The maximum absolute atomic E-state index is 12.7. The van der Waals surface area contributed by atoms with Gasteiger partial charge < -0.3 is 4.90 Å². The van der Waals surface area contributed by atoms with Gasteiger partial charge in [0.15, 0.2) is 0 Å². The molecule has 0 aliphatic heterocycles. The maximum Gasteiger partial charge on any atom is 0.265 e. The highest BCUT2D eigenvalue weighted by Crippen LogP contribution is 2.27. The summed E-state index contributed by atoms with van der Waals surface area (Å²) in [6.45, 7) is 3.89. The number of hydrogen-bond donors (Lipinski definition) is 0. The predicted molar refractivity (Wildman–Crippen MR) is 79.3 cm³/mol. The number of fused-ring (bicyclic) bond motifs is 1. The summed E-state index contributed by atoms with van der Waals surface area (Å²) >= 11 is 1.44. The molecule has 1 amide bonds. The number of nitrogens with zero attached hydrogens (tertiary/aromatic N) is 4. The van der Waals surface area contributed by atoms with E-state index in [0.29, 0.717) is 6.04 Å². The van der Waals surface area contributed by atoms with Gasteiger partial charge in [-0.15, -0.1) is 10.2 Å². The fourth-order valence-corrected chi connectivity index (χ4v) is 4.15. The average molecular weight is 292 g/mol. The minimum absolute atomic E-state index is 0.129. The zero-order valence-electron chi connectivity index (χ0n) is 12.2. The molecule has 0 aromatic carbocycles. The molecule has 1 aliphatic rings. The Labute approximate surface area is 122 Å². The van der Waals surface area contributed by atoms with Crippen molar-refractivity contribution in [1.29, 1.82) is 0 Å². The summed E-state index contributed by atoms with van der Waals surface area (Å²) in [4.78, 5) is 16.3. The predicted octanol–water partition coefficient (Wildman–Crippen LogP) is 2.81. The topological polar surface area (TPSA) is 50.5 Å². The lowest BCUT2D eigenvalue weighted by atomic mass is 9.94. The molecule has 0 saturated heterocycles. The van der Waals surface area contributed by atoms with Crippen LogP contribution in [-0.2, 0) is 0 Å². The maximum atomic E-state index is 12.7. The second kappa shape index (κ2) is 5.16. The minimum atomic E-state index is 0.129. The van der Waals surface area contributed by atoms with Crippen LogP contribution >= 0.6 is 11.3 Å². The molecule has 0 unspecified atom stereocenters. The summed E-state index contributed by atoms with van der Waals surface area (Å²) in [5.41, 5.74) is 0.958. The van der Waals surface area contributed by atoms with E-state index in [1.165, 1.54) is 30.6 Å². The van der Waals surface area contributed by atoms with Gasteiger partial charge in [0.1, 0.15) is 10.7 Å². The SMILES string of the molecule is Cc1nnc2sc(C(=O)N(C)C3CCCCC3)c(C)n12. The Morgan fingerprint density at radius 2 is 1.95 bits per heavy atom. The minimum Gasteiger partial charge on any atom is -0.338 e. The van der Waals surface area contributed by atoms with E-state index < -0.39 is 0 Å². The normalized spacial score (nSPS) is 16.8. The molecule has 20 heavy (non-hydrogen) atoms. The number of carbonyl (C=O) groups excluding carboxylic acids is 1. The molecule has 2 aromatic heterocycles. The van der Waals surface area contributed by atoms with Gasteiger partial charge in [0.2, 0.25) is 4.96 Å². The zero-order valence-corrected chi connectivity index (χ0v) is 13.0. The van der Waals surface area contributed by atoms with Gasteiger partial charge in [-0.3, -0.25) is 9.20 Å². The number of hydrogen-bond acceptors (Lipinski definition) is 4. The van der Waals surface area contributed by atoms with Crippen LogP contribution in [0.1, 0.15) is 53.3 Å². The number of carbonyl (C=O) groups is 1. The highest BCUT2D eigenvalue weighted by atomic mass is 32.1. The van der Waals surface area contributed by atoms with Crippen molar-refractivity contribution in [2.45, 2.75) is 52.0 Å². The third kappa shape index (κ3) is 2.12. The molecule has 1 saturated carbocycles. The van der Waals surface area contributed by atoms with Crippen molar-refractivity contribution in [2.75, 3.05) is 7.05 Å². The van der Waals surface area contributed by atoms with Crippen LogP contribution in [0.25, 0.3) is 4.96 Å². The van der Waals surface area contributed by atoms with Gasteiger partial charge in [-0.05, 0) is 26.7 Å². The lowest BCUT2D eigenvalue weighted by Crippen LogP contribution is -2.38. The number of rotatable bonds is 2. The number of thiazole rings is 1. The Hall–Kier alpha value is -1.43. The van der Waals surface area contributed by atoms with Gasteiger partial charge in [0, 0.05) is 18.8 Å². The van der Waals surface area contributed by atoms with Gasteiger partial charge in [-0.25, -0.2) is 0 Å². The number of aryl methyl sites for hydroxylation is 2. The van der Waals surface area contributed by atoms with Gasteiger partial charge in [-0.2, -0.15) is 0 Å². The summed E-state index contributed by atoms with van der Waals surface area (Å²) < 4.78 is 1.96. The zero-order chi connectivity index (χ0) is 14.3. The van der Waals surface area contributed by atoms with Crippen molar-refractivity contribution in [3.63, 3.8) is 0 Å². The molecule has 3 rings (SSSR count). The molecule has 6 heteroatoms. The van der Waals surface area contributed by atoms with Gasteiger partial charge in [-0.1, -0.05) is 30.6 Å². The van der Waals surface area contributed by atoms with Gasteiger partial charge in [0.25, 0.3) is 5.91 Å². The van der Waals surface area contributed by atoms with E-state index >= 15 is 0 Å². The van der Waals surface area contributed by atoms with E-state index in [2.05, 4.69) is 10.2 Å². The highest BCUT2D eigenvalue weighted by molar-refractivity contribution is 7.19. The third-order valence-electron chi connectivity index (χ3n) is 4.29. The summed E-state index contributed by atoms with van der Waals surface area (Å²) in [7, 11) is 1.94. The van der Waals surface area contributed by atoms with Crippen LogP contribution in [0.3, 0.4) is 0 Å². The summed E-state index contributed by atoms with van der Waals surface area (Å²) in [6, 6.07) is 0.393. The van der Waals surface area contributed by atoms with E-state index in [4.69, 9.17) is 0 Å². The molecule has 5 nitrogen and oxygen atoms in total. The first kappa shape index (κ1) is 13.5. The molecule has 0 spiro atoms. The van der Waals surface area contributed by atoms with E-state index in [1.807, 2.05) is 30.2 Å². The van der Waals surface area contributed by atoms with Crippen molar-refractivity contribution >= 4 is 22.2 Å². The monoisotopic (exact) mass is 292 g/mol. The second-order valence-corrected chi connectivity index (χ2v) is 6.57. The van der Waals surface area contributed by atoms with Crippen molar-refractivity contribution < 1.29 is 4.79 Å². The van der Waals surface area contributed by atoms with Crippen LogP contribution in [0.2, 0.25) is 0 Å². The first-order valence-electron chi connectivity index (χ1n) is 7.18. The van der Waals surface area contributed by atoms with Gasteiger partial charge in [0.05, 0.1) is 0 Å². The van der Waals surface area contributed by atoms with E-state index in [9.17, 15) is 4.79 Å². The molecule has 0 bridgehead atoms. The Morgan fingerprint density at radius 3 is 2.60 bits per heavy atom. The van der Waals surface area contributed by atoms with E-state index in [0.717, 1.165) is 34.2 Å². The van der Waals surface area contributed by atoms with Crippen LogP contribution in [0, 0.1) is 13.8 Å². The van der Waals surface area contributed by atoms with E-state index in [-0.39, 0.29) is 5.91 Å². The fourth-order valence-electron chi connectivity index (χ4n) is 3.05. The molecular weight excluding hydrogens is 272 g/mol. The fraction of sp³-hybridized carbons (Fsp3) is 0.643. The molecule has 0 radical (unpaired) electrons. The number of amides is 1. The molecule has 0 N–H and O–H groups in total. The van der Waals surface area contributed by atoms with Crippen molar-refractivity contribution in [3.05, 3.63) is 16.4 Å². The van der Waals surface area contributed by atoms with Crippen LogP contribution in [0.15, 0.2) is 0 Å². The molecular formula is C14H20N4OS. The lowest BCUT2D eigenvalue weighted by molar-refractivity contribution is 0.0700. The molecule has 1 fully saturated rings. The molecule has 108 valence electrons. The van der Waals surface area contributed by atoms with Crippen LogP contribution in [-0.4, -0.2) is 38.5 Å². The Bertz CT molecular complexity index is 639. The second-order valence-electron chi connectivity index (χ2n) is 5.59. The molecule has 0 atom stereocenters. The van der Waals surface area contributed by atoms with Crippen molar-refractivity contribution in [3.8, 4) is 0 Å². The Balaban J connectivity index is 1.89. The molecule has 1 aliphatic carbocycles. The molecule has 2 heterocycles. The van der Waals surface area contributed by atoms with Crippen LogP contribution in [0.4, 0.5) is 0 Å². The Morgan fingerprint density at radius 1 is 1.25 bits per heavy atom. The first-order valence-corrected chi connectivity index (χ1v) is 7.99. The molecule has 2 aromatic rings. The summed E-state index contributed by atoms with van der Waals surface area (Å²) in [5, 5.41) is 8.16. The van der Waals surface area contributed by atoms with Crippen LogP contribution < -0.4 is 0 Å². The standard InChI is InChI=1S/C14H20N4OS/c1-9-12(20-14-16-15-10(2)18(9)14)13(19)17(3)11-7-5-4-6-8-11/h11H,4-8H2,1-3H3. The van der Waals surface area contributed by atoms with Gasteiger partial charge >= 0.3 is 0 Å². The third-order valence-corrected chi connectivity index (χ3v) is 5.41. The van der Waals surface area contributed by atoms with Crippen molar-refractivity contribution in [1.82, 2.24) is 19.5 Å². The van der Waals surface area contributed by atoms with Crippen molar-refractivity contribution in [2.24, 2.45) is 0 Å². The largest absolute Gasteiger partial charge is 0.338 e. The summed E-state index contributed by atoms with van der Waals surface area (Å²) in [6.07, 6.45) is 6.03. The number of aromatic nitrogens is 3. The summed E-state index contributed by atoms with van der Waals surface area (Å²) in [5.74, 6) is 0.970.